The Hall–Kier alpha value is -2.46. The lowest BCUT2D eigenvalue weighted by atomic mass is 10.0. The Balaban J connectivity index is 1.90. The molecule has 0 bridgehead atoms. The van der Waals surface area contributed by atoms with Gasteiger partial charge in [0.25, 0.3) is 0 Å². The second kappa shape index (κ2) is 7.20. The highest BCUT2D eigenvalue weighted by Gasteiger charge is 2.10. The van der Waals surface area contributed by atoms with Crippen molar-refractivity contribution in [3.8, 4) is 11.3 Å². The van der Waals surface area contributed by atoms with Crippen molar-refractivity contribution in [3.05, 3.63) is 54.6 Å². The molecule has 0 fully saturated rings. The number of fused-ring (bicyclic) bond motifs is 1. The third kappa shape index (κ3) is 3.66. The van der Waals surface area contributed by atoms with Gasteiger partial charge in [0, 0.05) is 22.9 Å². The van der Waals surface area contributed by atoms with Crippen LogP contribution in [-0.4, -0.2) is 42.3 Å². The van der Waals surface area contributed by atoms with E-state index in [-0.39, 0.29) is 0 Å². The maximum atomic E-state index is 4.47. The number of hydrogen-bond acceptors (Lipinski definition) is 4. The molecule has 0 atom stereocenters. The SMILES string of the molecule is CN(C)CCCNc1nnc(-c2ccccc2)c2ccccc12. The normalized spacial score (nSPS) is 11.1. The molecule has 0 aliphatic rings. The van der Waals surface area contributed by atoms with Crippen LogP contribution in [0.1, 0.15) is 6.42 Å². The van der Waals surface area contributed by atoms with Gasteiger partial charge in [0.1, 0.15) is 5.69 Å². The summed E-state index contributed by atoms with van der Waals surface area (Å²) in [4.78, 5) is 2.18. The number of hydrogen-bond donors (Lipinski definition) is 1. The van der Waals surface area contributed by atoms with Gasteiger partial charge in [-0.05, 0) is 27.1 Å². The van der Waals surface area contributed by atoms with E-state index in [2.05, 4.69) is 58.8 Å². The van der Waals surface area contributed by atoms with E-state index < -0.39 is 0 Å². The van der Waals surface area contributed by atoms with Crippen molar-refractivity contribution in [1.29, 1.82) is 0 Å². The summed E-state index contributed by atoms with van der Waals surface area (Å²) in [6.45, 7) is 1.95. The quantitative estimate of drug-likeness (QED) is 0.706. The molecule has 1 heterocycles. The fraction of sp³-hybridized carbons (Fsp3) is 0.263. The van der Waals surface area contributed by atoms with Crippen LogP contribution in [0.5, 0.6) is 0 Å². The van der Waals surface area contributed by atoms with Crippen molar-refractivity contribution in [2.24, 2.45) is 0 Å². The lowest BCUT2D eigenvalue weighted by Crippen LogP contribution is -2.16. The summed E-state index contributed by atoms with van der Waals surface area (Å²) >= 11 is 0. The first-order chi connectivity index (χ1) is 11.3. The molecule has 0 aliphatic carbocycles. The monoisotopic (exact) mass is 306 g/mol. The van der Waals surface area contributed by atoms with Gasteiger partial charge in [0.05, 0.1) is 0 Å². The van der Waals surface area contributed by atoms with Gasteiger partial charge in [0.2, 0.25) is 0 Å². The Morgan fingerprint density at radius 3 is 2.30 bits per heavy atom. The molecule has 2 aromatic carbocycles. The Morgan fingerprint density at radius 2 is 1.57 bits per heavy atom. The van der Waals surface area contributed by atoms with Gasteiger partial charge in [-0.25, -0.2) is 0 Å². The van der Waals surface area contributed by atoms with E-state index in [9.17, 15) is 0 Å². The zero-order valence-corrected chi connectivity index (χ0v) is 13.7. The largest absolute Gasteiger partial charge is 0.368 e. The molecular weight excluding hydrogens is 284 g/mol. The van der Waals surface area contributed by atoms with Crippen molar-refractivity contribution in [3.63, 3.8) is 0 Å². The molecule has 0 aliphatic heterocycles. The van der Waals surface area contributed by atoms with Crippen LogP contribution in [0.3, 0.4) is 0 Å². The summed E-state index contributed by atoms with van der Waals surface area (Å²) in [5, 5.41) is 14.6. The van der Waals surface area contributed by atoms with Crippen molar-refractivity contribution in [1.82, 2.24) is 15.1 Å². The van der Waals surface area contributed by atoms with Gasteiger partial charge in [0.15, 0.2) is 5.82 Å². The van der Waals surface area contributed by atoms with Gasteiger partial charge in [-0.3, -0.25) is 0 Å². The number of nitrogens with one attached hydrogen (secondary N) is 1. The zero-order valence-electron chi connectivity index (χ0n) is 13.7. The van der Waals surface area contributed by atoms with E-state index >= 15 is 0 Å². The number of benzene rings is 2. The van der Waals surface area contributed by atoms with E-state index in [4.69, 9.17) is 0 Å². The summed E-state index contributed by atoms with van der Waals surface area (Å²) in [5.74, 6) is 0.860. The Labute approximate surface area is 137 Å². The topological polar surface area (TPSA) is 41.0 Å². The summed E-state index contributed by atoms with van der Waals surface area (Å²) in [5.41, 5.74) is 2.02. The van der Waals surface area contributed by atoms with Crippen LogP contribution in [0.25, 0.3) is 22.0 Å². The molecule has 1 N–H and O–H groups in total. The molecule has 0 radical (unpaired) electrons. The minimum absolute atomic E-state index is 0.860. The minimum atomic E-state index is 0.860. The van der Waals surface area contributed by atoms with Crippen LogP contribution in [0, 0.1) is 0 Å². The van der Waals surface area contributed by atoms with Gasteiger partial charge in [-0.1, -0.05) is 54.6 Å². The lowest BCUT2D eigenvalue weighted by Gasteiger charge is -2.12. The molecule has 118 valence electrons. The van der Waals surface area contributed by atoms with E-state index in [0.717, 1.165) is 47.4 Å². The van der Waals surface area contributed by atoms with Crippen LogP contribution in [0.2, 0.25) is 0 Å². The second-order valence-corrected chi connectivity index (χ2v) is 5.89. The van der Waals surface area contributed by atoms with Gasteiger partial charge in [-0.2, -0.15) is 0 Å². The molecule has 3 aromatic rings. The van der Waals surface area contributed by atoms with Crippen molar-refractivity contribution in [2.75, 3.05) is 32.5 Å². The van der Waals surface area contributed by atoms with Gasteiger partial charge >= 0.3 is 0 Å². The summed E-state index contributed by atoms with van der Waals surface area (Å²) < 4.78 is 0. The Kier molecular flexibility index (Phi) is 4.83. The standard InChI is InChI=1S/C19H22N4/c1-23(2)14-8-13-20-19-17-12-7-6-11-16(17)18(21-22-19)15-9-4-3-5-10-15/h3-7,9-12H,8,13-14H2,1-2H3,(H,20,22). The minimum Gasteiger partial charge on any atom is -0.368 e. The first kappa shape index (κ1) is 15.4. The fourth-order valence-electron chi connectivity index (χ4n) is 2.65. The third-order valence-electron chi connectivity index (χ3n) is 3.81. The van der Waals surface area contributed by atoms with E-state index in [0.29, 0.717) is 0 Å². The molecule has 1 aromatic heterocycles. The molecule has 3 rings (SSSR count). The van der Waals surface area contributed by atoms with E-state index in [1.807, 2.05) is 30.3 Å². The predicted octanol–water partition coefficient (Wildman–Crippen LogP) is 3.66. The van der Waals surface area contributed by atoms with Crippen LogP contribution >= 0.6 is 0 Å². The van der Waals surface area contributed by atoms with Gasteiger partial charge in [-0.15, -0.1) is 10.2 Å². The molecule has 0 amide bonds. The van der Waals surface area contributed by atoms with Crippen molar-refractivity contribution >= 4 is 16.6 Å². The maximum Gasteiger partial charge on any atom is 0.156 e. The molecular formula is C19H22N4. The first-order valence-corrected chi connectivity index (χ1v) is 7.95. The van der Waals surface area contributed by atoms with Crippen molar-refractivity contribution in [2.45, 2.75) is 6.42 Å². The fourth-order valence-corrected chi connectivity index (χ4v) is 2.65. The average Bonchev–Trinajstić information content (AvgIpc) is 2.59. The maximum absolute atomic E-state index is 4.47. The lowest BCUT2D eigenvalue weighted by molar-refractivity contribution is 0.405. The second-order valence-electron chi connectivity index (χ2n) is 5.89. The molecule has 4 heteroatoms. The molecule has 23 heavy (non-hydrogen) atoms. The summed E-state index contributed by atoms with van der Waals surface area (Å²) in [7, 11) is 4.17. The third-order valence-corrected chi connectivity index (χ3v) is 3.81. The van der Waals surface area contributed by atoms with Crippen molar-refractivity contribution < 1.29 is 0 Å². The highest BCUT2D eigenvalue weighted by Crippen LogP contribution is 2.29. The predicted molar refractivity (Wildman–Crippen MR) is 96.6 cm³/mol. The zero-order chi connectivity index (χ0) is 16.1. The van der Waals surface area contributed by atoms with Crippen LogP contribution in [0.4, 0.5) is 5.82 Å². The van der Waals surface area contributed by atoms with Crippen LogP contribution in [0.15, 0.2) is 54.6 Å². The van der Waals surface area contributed by atoms with E-state index in [1.54, 1.807) is 0 Å². The number of aromatic nitrogens is 2. The molecule has 0 saturated carbocycles. The Morgan fingerprint density at radius 1 is 0.870 bits per heavy atom. The number of anilines is 1. The summed E-state index contributed by atoms with van der Waals surface area (Å²) in [6, 6.07) is 18.5. The van der Waals surface area contributed by atoms with Crippen LogP contribution in [-0.2, 0) is 0 Å². The number of nitrogens with zero attached hydrogens (tertiary/aromatic N) is 3. The average molecular weight is 306 g/mol. The smallest absolute Gasteiger partial charge is 0.156 e. The highest BCUT2D eigenvalue weighted by molar-refractivity contribution is 5.99. The molecule has 0 saturated heterocycles. The van der Waals surface area contributed by atoms with Crippen LogP contribution < -0.4 is 5.32 Å². The van der Waals surface area contributed by atoms with Gasteiger partial charge < -0.3 is 10.2 Å². The number of rotatable bonds is 6. The molecule has 4 nitrogen and oxygen atoms in total. The van der Waals surface area contributed by atoms with E-state index in [1.165, 1.54) is 0 Å². The molecule has 0 unspecified atom stereocenters. The Bertz CT molecular complexity index is 769. The first-order valence-electron chi connectivity index (χ1n) is 7.95. The molecule has 0 spiro atoms. The highest BCUT2D eigenvalue weighted by atomic mass is 15.2. The summed E-state index contributed by atoms with van der Waals surface area (Å²) in [6.07, 6.45) is 1.07.